The van der Waals surface area contributed by atoms with Gasteiger partial charge in [0.25, 0.3) is 0 Å². The van der Waals surface area contributed by atoms with Crippen molar-refractivity contribution in [1.29, 1.82) is 0 Å². The first kappa shape index (κ1) is 23.4. The maximum atomic E-state index is 2.44. The molecule has 3 aromatic carbocycles. The summed E-state index contributed by atoms with van der Waals surface area (Å²) in [7, 11) is 8.61. The van der Waals surface area contributed by atoms with E-state index in [1.807, 2.05) is 0 Å². The van der Waals surface area contributed by atoms with Gasteiger partial charge in [-0.2, -0.15) is 0 Å². The smallest absolute Gasteiger partial charge is 0.202 e. The molecule has 0 spiro atoms. The van der Waals surface area contributed by atoms with Crippen molar-refractivity contribution in [3.8, 4) is 0 Å². The van der Waals surface area contributed by atoms with Crippen LogP contribution in [0.3, 0.4) is 0 Å². The molecule has 0 radical (unpaired) electrons. The minimum Gasteiger partial charge on any atom is -1.00 e. The SMILES string of the molecule is CN(C)c1ccc(C(c2ccc3c(c2)CCCN3C)=c2ccc3c(c2)CCC[N+]=3C)cc1.[Cl-]. The lowest BCUT2D eigenvalue weighted by molar-refractivity contribution is -0.00000649. The molecular weight excluding hydrogens is 426 g/mol. The lowest BCUT2D eigenvalue weighted by atomic mass is 9.90. The van der Waals surface area contributed by atoms with Crippen LogP contribution in [0.2, 0.25) is 0 Å². The summed E-state index contributed by atoms with van der Waals surface area (Å²) < 4.78 is 2.39. The molecule has 4 heteroatoms. The Balaban J connectivity index is 0.00000259. The van der Waals surface area contributed by atoms with Gasteiger partial charge in [-0.05, 0) is 83.1 Å². The summed E-state index contributed by atoms with van der Waals surface area (Å²) in [5.74, 6) is 0. The van der Waals surface area contributed by atoms with Crippen LogP contribution in [-0.4, -0.2) is 41.3 Å². The van der Waals surface area contributed by atoms with Crippen LogP contribution >= 0.6 is 0 Å². The lowest BCUT2D eigenvalue weighted by Crippen LogP contribution is -3.00. The molecule has 0 aromatic heterocycles. The van der Waals surface area contributed by atoms with E-state index in [1.165, 1.54) is 62.6 Å². The van der Waals surface area contributed by atoms with Gasteiger partial charge in [-0.25, -0.2) is 4.58 Å². The molecule has 0 aliphatic carbocycles. The zero-order valence-electron chi connectivity index (χ0n) is 20.2. The monoisotopic (exact) mass is 459 g/mol. The second kappa shape index (κ2) is 9.61. The van der Waals surface area contributed by atoms with E-state index < -0.39 is 0 Å². The summed E-state index contributed by atoms with van der Waals surface area (Å²) >= 11 is 0. The normalized spacial score (nSPS) is 15.9. The third-order valence-electron chi connectivity index (χ3n) is 7.11. The Labute approximate surface area is 204 Å². The molecule has 2 heterocycles. The Kier molecular flexibility index (Phi) is 6.81. The van der Waals surface area contributed by atoms with E-state index >= 15 is 0 Å². The van der Waals surface area contributed by atoms with Crippen molar-refractivity contribution in [2.45, 2.75) is 25.7 Å². The number of nitrogens with zero attached hydrogens (tertiary/aromatic N) is 3. The molecule has 0 amide bonds. The molecule has 0 N–H and O–H groups in total. The van der Waals surface area contributed by atoms with Gasteiger partial charge in [0, 0.05) is 57.1 Å². The zero-order valence-corrected chi connectivity index (χ0v) is 21.0. The van der Waals surface area contributed by atoms with Gasteiger partial charge in [0.2, 0.25) is 5.36 Å². The van der Waals surface area contributed by atoms with E-state index in [4.69, 9.17) is 0 Å². The Morgan fingerprint density at radius 1 is 0.848 bits per heavy atom. The van der Waals surface area contributed by atoms with Gasteiger partial charge in [0.15, 0.2) is 0 Å². The van der Waals surface area contributed by atoms with Crippen LogP contribution < -0.4 is 37.4 Å². The van der Waals surface area contributed by atoms with Crippen molar-refractivity contribution >= 4 is 16.9 Å². The number of hydrogen-bond donors (Lipinski definition) is 0. The second-order valence-corrected chi connectivity index (χ2v) is 9.55. The molecule has 0 fully saturated rings. The van der Waals surface area contributed by atoms with E-state index in [2.05, 4.69) is 103 Å². The molecule has 2 aliphatic rings. The van der Waals surface area contributed by atoms with Crippen LogP contribution in [-0.2, 0) is 12.8 Å². The van der Waals surface area contributed by atoms with E-state index in [9.17, 15) is 0 Å². The summed E-state index contributed by atoms with van der Waals surface area (Å²) in [6.07, 6.45) is 4.78. The van der Waals surface area contributed by atoms with Crippen molar-refractivity contribution in [2.75, 3.05) is 51.1 Å². The molecule has 3 aromatic rings. The zero-order chi connectivity index (χ0) is 22.2. The molecular formula is C29H34ClN3. The number of anilines is 2. The quantitative estimate of drug-likeness (QED) is 0.526. The fourth-order valence-electron chi connectivity index (χ4n) is 5.31. The van der Waals surface area contributed by atoms with E-state index in [0.717, 1.165) is 25.9 Å². The maximum absolute atomic E-state index is 2.44. The summed E-state index contributed by atoms with van der Waals surface area (Å²) in [4.78, 5) is 4.55. The highest BCUT2D eigenvalue weighted by atomic mass is 35.5. The van der Waals surface area contributed by atoms with Crippen molar-refractivity contribution in [3.05, 3.63) is 93.5 Å². The summed E-state index contributed by atoms with van der Waals surface area (Å²) in [5.41, 5.74) is 9.49. The highest BCUT2D eigenvalue weighted by Crippen LogP contribution is 2.31. The lowest BCUT2D eigenvalue weighted by Gasteiger charge is -2.28. The molecule has 0 saturated carbocycles. The van der Waals surface area contributed by atoms with Crippen molar-refractivity contribution in [1.82, 2.24) is 4.58 Å². The van der Waals surface area contributed by atoms with Gasteiger partial charge >= 0.3 is 0 Å². The number of fused-ring (bicyclic) bond motifs is 2. The Bertz CT molecular complexity index is 1280. The average Bonchev–Trinajstić information content (AvgIpc) is 2.80. The van der Waals surface area contributed by atoms with Crippen molar-refractivity contribution < 1.29 is 12.4 Å². The predicted octanol–water partition coefficient (Wildman–Crippen LogP) is 0.453. The van der Waals surface area contributed by atoms with Gasteiger partial charge < -0.3 is 22.2 Å². The molecule has 5 rings (SSSR count). The van der Waals surface area contributed by atoms with Crippen molar-refractivity contribution in [3.63, 3.8) is 0 Å². The van der Waals surface area contributed by atoms with Crippen LogP contribution in [0.25, 0.3) is 5.57 Å². The third kappa shape index (κ3) is 4.52. The molecule has 33 heavy (non-hydrogen) atoms. The van der Waals surface area contributed by atoms with Gasteiger partial charge in [0.1, 0.15) is 13.6 Å². The van der Waals surface area contributed by atoms with Crippen LogP contribution in [0.1, 0.15) is 35.1 Å². The maximum Gasteiger partial charge on any atom is 0.202 e. The molecule has 0 saturated heterocycles. The third-order valence-corrected chi connectivity index (χ3v) is 7.11. The van der Waals surface area contributed by atoms with Crippen molar-refractivity contribution in [2.24, 2.45) is 0 Å². The van der Waals surface area contributed by atoms with Crippen LogP contribution in [0.4, 0.5) is 11.4 Å². The Hall–Kier alpha value is -2.78. The molecule has 0 unspecified atom stereocenters. The summed E-state index contributed by atoms with van der Waals surface area (Å²) in [6.45, 7) is 2.29. The second-order valence-electron chi connectivity index (χ2n) is 9.55. The molecule has 0 bridgehead atoms. The van der Waals surface area contributed by atoms with Crippen LogP contribution in [0, 0.1) is 0 Å². The Morgan fingerprint density at radius 2 is 1.58 bits per heavy atom. The number of rotatable bonds is 3. The molecule has 2 aliphatic heterocycles. The van der Waals surface area contributed by atoms with Gasteiger partial charge in [-0.3, -0.25) is 0 Å². The number of benzene rings is 3. The van der Waals surface area contributed by atoms with E-state index in [0.29, 0.717) is 0 Å². The average molecular weight is 460 g/mol. The first-order valence-electron chi connectivity index (χ1n) is 11.8. The highest BCUT2D eigenvalue weighted by Gasteiger charge is 2.17. The van der Waals surface area contributed by atoms with Crippen LogP contribution in [0.15, 0.2) is 60.7 Å². The highest BCUT2D eigenvalue weighted by molar-refractivity contribution is 5.81. The first-order chi connectivity index (χ1) is 15.5. The summed E-state index contributed by atoms with van der Waals surface area (Å²) in [5, 5.41) is 2.70. The van der Waals surface area contributed by atoms with Gasteiger partial charge in [-0.15, -0.1) is 0 Å². The fraction of sp³-hybridized carbons (Fsp3) is 0.345. The fourth-order valence-corrected chi connectivity index (χ4v) is 5.31. The standard InChI is InChI=1S/C29H34N3.ClH/c1-30(2)26-13-9-21(10-14-26)29(24-11-15-27-22(19-24)7-5-17-31(27)3)25-12-16-28-23(20-25)8-6-18-32(28)4;/h9-16,19-20H,5-8,17-18H2,1-4H3;1H/q+1;/p-1. The molecule has 3 nitrogen and oxygen atoms in total. The molecule has 0 atom stereocenters. The Morgan fingerprint density at radius 3 is 2.33 bits per heavy atom. The number of halogens is 1. The van der Waals surface area contributed by atoms with E-state index in [-0.39, 0.29) is 12.4 Å². The minimum atomic E-state index is 0. The first-order valence-corrected chi connectivity index (χ1v) is 11.8. The number of aryl methyl sites for hydroxylation is 2. The predicted molar refractivity (Wildman–Crippen MR) is 136 cm³/mol. The van der Waals surface area contributed by atoms with Gasteiger partial charge in [-0.1, -0.05) is 18.2 Å². The van der Waals surface area contributed by atoms with Gasteiger partial charge in [0.05, 0.1) is 0 Å². The largest absolute Gasteiger partial charge is 1.00 e. The minimum absolute atomic E-state index is 0. The molecule has 172 valence electrons. The summed E-state index contributed by atoms with van der Waals surface area (Å²) in [6, 6.07) is 23.2. The topological polar surface area (TPSA) is 9.49 Å². The van der Waals surface area contributed by atoms with E-state index in [1.54, 1.807) is 0 Å². The number of hydrogen-bond acceptors (Lipinski definition) is 2. The van der Waals surface area contributed by atoms with Crippen LogP contribution in [0.5, 0.6) is 0 Å².